The molecule has 1 atom stereocenters. The van der Waals surface area contributed by atoms with Crippen LogP contribution in [0.4, 0.5) is 4.39 Å². The second-order valence-corrected chi connectivity index (χ2v) is 11.0. The van der Waals surface area contributed by atoms with E-state index in [-0.39, 0.29) is 17.3 Å². The Morgan fingerprint density at radius 1 is 1.03 bits per heavy atom. The molecule has 0 saturated carbocycles. The lowest BCUT2D eigenvalue weighted by molar-refractivity contribution is 0.161. The first-order valence-electron chi connectivity index (χ1n) is 12.6. The van der Waals surface area contributed by atoms with Crippen molar-refractivity contribution in [3.05, 3.63) is 100 Å². The number of nitrogens with zero attached hydrogens (tertiary/aromatic N) is 3. The van der Waals surface area contributed by atoms with Crippen molar-refractivity contribution in [3.8, 4) is 17.0 Å². The molecule has 0 spiro atoms. The quantitative estimate of drug-likeness (QED) is 0.280. The zero-order valence-corrected chi connectivity index (χ0v) is 22.8. The molecule has 204 valence electrons. The molecule has 0 bridgehead atoms. The number of hydrogen-bond acceptors (Lipinski definition) is 7. The molecule has 8 nitrogen and oxygen atoms in total. The average Bonchev–Trinajstić information content (AvgIpc) is 2.91. The lowest BCUT2D eigenvalue weighted by atomic mass is 10.1. The fourth-order valence-corrected chi connectivity index (χ4v) is 5.89. The Balaban J connectivity index is 1.86. The summed E-state index contributed by atoms with van der Waals surface area (Å²) in [4.78, 5) is 20.1. The lowest BCUT2D eigenvalue weighted by Gasteiger charge is -2.25. The predicted octanol–water partition coefficient (Wildman–Crippen LogP) is 4.87. The van der Waals surface area contributed by atoms with Gasteiger partial charge in [0, 0.05) is 24.8 Å². The molecule has 2 aromatic carbocycles. The van der Waals surface area contributed by atoms with Crippen LogP contribution in [0.2, 0.25) is 0 Å². The molecule has 0 aliphatic carbocycles. The van der Waals surface area contributed by atoms with Gasteiger partial charge in [-0.25, -0.2) is 13.4 Å². The second-order valence-electron chi connectivity index (χ2n) is 9.14. The first-order valence-corrected chi connectivity index (χ1v) is 14.0. The molecular weight excluding hydrogens is 521 g/mol. The second kappa shape index (κ2) is 11.9. The molecule has 10 heteroatoms. The van der Waals surface area contributed by atoms with E-state index in [0.717, 1.165) is 12.0 Å². The van der Waals surface area contributed by atoms with Gasteiger partial charge in [-0.2, -0.15) is 9.37 Å². The van der Waals surface area contributed by atoms with Gasteiger partial charge in [0.2, 0.25) is 21.7 Å². The van der Waals surface area contributed by atoms with Crippen molar-refractivity contribution in [1.29, 1.82) is 0 Å². The highest BCUT2D eigenvalue weighted by atomic mass is 32.2. The number of aromatic nitrogens is 3. The highest BCUT2D eigenvalue weighted by Gasteiger charge is 2.32. The van der Waals surface area contributed by atoms with E-state index in [1.165, 1.54) is 29.9 Å². The largest absolute Gasteiger partial charge is 0.493 e. The zero-order chi connectivity index (χ0) is 28.2. The smallest absolute Gasteiger partial charge is 0.296 e. The van der Waals surface area contributed by atoms with Crippen LogP contribution in [0.25, 0.3) is 11.1 Å². The monoisotopic (exact) mass is 551 g/mol. The van der Waals surface area contributed by atoms with Crippen molar-refractivity contribution in [1.82, 2.24) is 14.5 Å². The maximum Gasteiger partial charge on any atom is 0.296 e. The molecular formula is C29H30FN3O5S. The van der Waals surface area contributed by atoms with Crippen LogP contribution in [0, 0.1) is 12.9 Å². The fourth-order valence-electron chi connectivity index (χ4n) is 4.54. The van der Waals surface area contributed by atoms with E-state index in [0.29, 0.717) is 29.7 Å². The van der Waals surface area contributed by atoms with E-state index in [9.17, 15) is 22.7 Å². The Bertz CT molecular complexity index is 1620. The van der Waals surface area contributed by atoms with Crippen LogP contribution in [0.1, 0.15) is 42.9 Å². The summed E-state index contributed by atoms with van der Waals surface area (Å²) in [6, 6.07) is 17.1. The number of hydrogen-bond donors (Lipinski definition) is 1. The van der Waals surface area contributed by atoms with Crippen molar-refractivity contribution < 1.29 is 22.7 Å². The van der Waals surface area contributed by atoms with Crippen LogP contribution in [-0.2, 0) is 21.0 Å². The topological polar surface area (TPSA) is 111 Å². The minimum Gasteiger partial charge on any atom is -0.493 e. The SMILES string of the molecule is CCCCc1nc(=O)c(S(=O)(=O)c2ccc(-c3ccc(F)nc3C)cc2)c(O)n1C(COC)c1ccccc1. The van der Waals surface area contributed by atoms with E-state index in [1.807, 2.05) is 37.3 Å². The van der Waals surface area contributed by atoms with Crippen molar-refractivity contribution in [3.63, 3.8) is 0 Å². The first kappa shape index (κ1) is 28.1. The van der Waals surface area contributed by atoms with E-state index in [1.54, 1.807) is 25.1 Å². The van der Waals surface area contributed by atoms with E-state index in [2.05, 4.69) is 9.97 Å². The molecule has 4 aromatic rings. The normalized spacial score (nSPS) is 12.4. The van der Waals surface area contributed by atoms with E-state index in [4.69, 9.17) is 4.74 Å². The molecule has 2 heterocycles. The summed E-state index contributed by atoms with van der Waals surface area (Å²) in [7, 11) is -2.96. The van der Waals surface area contributed by atoms with Crippen molar-refractivity contribution >= 4 is 9.84 Å². The molecule has 0 aliphatic heterocycles. The van der Waals surface area contributed by atoms with Crippen LogP contribution in [0.3, 0.4) is 0 Å². The van der Waals surface area contributed by atoms with Crippen molar-refractivity contribution in [2.24, 2.45) is 0 Å². The van der Waals surface area contributed by atoms with Gasteiger partial charge >= 0.3 is 0 Å². The third-order valence-corrected chi connectivity index (χ3v) is 8.29. The van der Waals surface area contributed by atoms with Crippen LogP contribution in [-0.4, -0.2) is 41.8 Å². The summed E-state index contributed by atoms with van der Waals surface area (Å²) in [6.07, 6.45) is 1.87. The average molecular weight is 552 g/mol. The highest BCUT2D eigenvalue weighted by Crippen LogP contribution is 2.33. The summed E-state index contributed by atoms with van der Waals surface area (Å²) >= 11 is 0. The number of aromatic hydroxyl groups is 1. The van der Waals surface area contributed by atoms with Crippen molar-refractivity contribution in [2.75, 3.05) is 13.7 Å². The van der Waals surface area contributed by atoms with Gasteiger partial charge in [-0.15, -0.1) is 0 Å². The van der Waals surface area contributed by atoms with Gasteiger partial charge in [0.05, 0.1) is 17.5 Å². The van der Waals surface area contributed by atoms with Crippen LogP contribution in [0.15, 0.2) is 81.3 Å². The molecule has 0 amide bonds. The Labute approximate surface area is 226 Å². The molecule has 0 radical (unpaired) electrons. The van der Waals surface area contributed by atoms with Gasteiger partial charge in [0.1, 0.15) is 5.82 Å². The maximum absolute atomic E-state index is 13.7. The summed E-state index contributed by atoms with van der Waals surface area (Å²) in [5, 5.41) is 11.4. The van der Waals surface area contributed by atoms with Gasteiger partial charge in [0.15, 0.2) is 4.90 Å². The zero-order valence-electron chi connectivity index (χ0n) is 22.0. The molecule has 0 aliphatic rings. The number of sulfone groups is 1. The fraction of sp³-hybridized carbons (Fsp3) is 0.276. The molecule has 1 N–H and O–H groups in total. The molecule has 4 rings (SSSR count). The summed E-state index contributed by atoms with van der Waals surface area (Å²) < 4.78 is 47.7. The molecule has 2 aromatic heterocycles. The Morgan fingerprint density at radius 2 is 1.72 bits per heavy atom. The van der Waals surface area contributed by atoms with Gasteiger partial charge in [-0.05, 0) is 48.7 Å². The summed E-state index contributed by atoms with van der Waals surface area (Å²) in [6.45, 7) is 3.75. The van der Waals surface area contributed by atoms with E-state index < -0.39 is 38.2 Å². The Morgan fingerprint density at radius 3 is 2.33 bits per heavy atom. The first-order chi connectivity index (χ1) is 18.7. The number of pyridine rings is 1. The number of aryl methyl sites for hydroxylation is 2. The third-order valence-electron chi connectivity index (χ3n) is 6.50. The van der Waals surface area contributed by atoms with E-state index >= 15 is 0 Å². The predicted molar refractivity (Wildman–Crippen MR) is 145 cm³/mol. The highest BCUT2D eigenvalue weighted by molar-refractivity contribution is 7.91. The number of rotatable bonds is 10. The Hall–Kier alpha value is -3.89. The molecule has 39 heavy (non-hydrogen) atoms. The molecule has 0 fully saturated rings. The van der Waals surface area contributed by atoms with Gasteiger partial charge in [0.25, 0.3) is 5.56 Å². The number of ether oxygens (including phenoxy) is 1. The van der Waals surface area contributed by atoms with Crippen LogP contribution >= 0.6 is 0 Å². The minimum absolute atomic E-state index is 0.112. The summed E-state index contributed by atoms with van der Waals surface area (Å²) in [5.74, 6) is -1.02. The van der Waals surface area contributed by atoms with Gasteiger partial charge in [-0.1, -0.05) is 55.8 Å². The molecule has 1 unspecified atom stereocenters. The van der Waals surface area contributed by atoms with Crippen LogP contribution in [0.5, 0.6) is 5.88 Å². The molecule has 0 saturated heterocycles. The standard InChI is InChI=1S/C29H30FN3O5S/c1-4-5-11-26-32-28(34)27(29(35)33(26)24(18-38-3)21-9-7-6-8-10-21)39(36,37)22-14-12-20(13-15-22)23-16-17-25(30)31-19(23)2/h6-10,12-17,24,35H,4-5,11,18H2,1-3H3. The van der Waals surface area contributed by atoms with Gasteiger partial charge < -0.3 is 9.84 Å². The number of methoxy groups -OCH3 is 1. The van der Waals surface area contributed by atoms with Crippen molar-refractivity contribution in [2.45, 2.75) is 48.9 Å². The van der Waals surface area contributed by atoms with Crippen LogP contribution < -0.4 is 5.56 Å². The van der Waals surface area contributed by atoms with Gasteiger partial charge in [-0.3, -0.25) is 9.36 Å². The number of halogens is 1. The summed E-state index contributed by atoms with van der Waals surface area (Å²) in [5.41, 5.74) is 1.44. The third kappa shape index (κ3) is 5.76. The Kier molecular flexibility index (Phi) is 8.57. The number of benzene rings is 2. The minimum atomic E-state index is -4.47. The maximum atomic E-state index is 13.7. The lowest BCUT2D eigenvalue weighted by Crippen LogP contribution is -2.29. The number of unbranched alkanes of at least 4 members (excludes halogenated alkanes) is 1.